The fourth-order valence-corrected chi connectivity index (χ4v) is 4.38. The average Bonchev–Trinajstić information content (AvgIpc) is 3.43. The number of hydrogen-bond acceptors (Lipinski definition) is 5. The molecule has 7 heteroatoms. The van der Waals surface area contributed by atoms with Crippen LogP contribution in [0.15, 0.2) is 29.8 Å². The second kappa shape index (κ2) is 7.74. The van der Waals surface area contributed by atoms with Crippen molar-refractivity contribution in [2.45, 2.75) is 26.3 Å². The zero-order chi connectivity index (χ0) is 20.7. The number of aromatic amines is 1. The van der Waals surface area contributed by atoms with Crippen LogP contribution in [-0.2, 0) is 17.7 Å². The first-order valence-electron chi connectivity index (χ1n) is 10.5. The van der Waals surface area contributed by atoms with E-state index in [4.69, 9.17) is 14.8 Å². The summed E-state index contributed by atoms with van der Waals surface area (Å²) in [7, 11) is 1.69. The lowest BCUT2D eigenvalue weighted by atomic mass is 9.91. The second-order valence-electron chi connectivity index (χ2n) is 8.18. The van der Waals surface area contributed by atoms with Gasteiger partial charge in [-0.2, -0.15) is 5.10 Å². The summed E-state index contributed by atoms with van der Waals surface area (Å²) in [6.07, 6.45) is 3.94. The summed E-state index contributed by atoms with van der Waals surface area (Å²) < 4.78 is 7.06. The number of methoxy groups -OCH3 is 1. The number of aryl methyl sites for hydroxylation is 2. The van der Waals surface area contributed by atoms with Crippen molar-refractivity contribution in [2.75, 3.05) is 26.8 Å². The van der Waals surface area contributed by atoms with E-state index in [0.717, 1.165) is 42.9 Å². The molecule has 1 fully saturated rings. The van der Waals surface area contributed by atoms with Crippen LogP contribution < -0.4 is 5.32 Å². The molecule has 30 heavy (non-hydrogen) atoms. The van der Waals surface area contributed by atoms with E-state index in [1.165, 1.54) is 11.1 Å². The van der Waals surface area contributed by atoms with Crippen LogP contribution in [0.5, 0.6) is 5.75 Å². The topological polar surface area (TPSA) is 88.0 Å². The van der Waals surface area contributed by atoms with Gasteiger partial charge in [0.15, 0.2) is 11.6 Å². The summed E-state index contributed by atoms with van der Waals surface area (Å²) >= 11 is 0. The molecule has 1 aliphatic heterocycles. The highest BCUT2D eigenvalue weighted by atomic mass is 16.5. The van der Waals surface area contributed by atoms with Gasteiger partial charge in [-0.25, -0.2) is 4.98 Å². The van der Waals surface area contributed by atoms with Gasteiger partial charge in [0.1, 0.15) is 11.4 Å². The quantitative estimate of drug-likeness (QED) is 0.549. The Morgan fingerprint density at radius 3 is 2.90 bits per heavy atom. The molecule has 3 N–H and O–H groups in total. The van der Waals surface area contributed by atoms with Crippen LogP contribution in [0.2, 0.25) is 0 Å². The molecule has 7 nitrogen and oxygen atoms in total. The maximum atomic E-state index is 11.2. The van der Waals surface area contributed by atoms with Crippen LogP contribution in [0.4, 0.5) is 0 Å². The van der Waals surface area contributed by atoms with E-state index in [-0.39, 0.29) is 5.75 Å². The molecule has 3 heterocycles. The molecule has 2 aromatic heterocycles. The number of benzene rings is 1. The van der Waals surface area contributed by atoms with Crippen LogP contribution in [0.3, 0.4) is 0 Å². The zero-order valence-electron chi connectivity index (χ0n) is 17.4. The Bertz CT molecular complexity index is 1090. The largest absolute Gasteiger partial charge is 0.504 e. The molecule has 1 aliphatic carbocycles. The molecule has 1 saturated heterocycles. The van der Waals surface area contributed by atoms with Gasteiger partial charge in [-0.15, -0.1) is 0 Å². The summed E-state index contributed by atoms with van der Waals surface area (Å²) in [6.45, 7) is 5.27. The van der Waals surface area contributed by atoms with Gasteiger partial charge in [0.05, 0.1) is 5.69 Å². The van der Waals surface area contributed by atoms with Crippen molar-refractivity contribution in [1.82, 2.24) is 25.1 Å². The lowest BCUT2D eigenvalue weighted by molar-refractivity contribution is 0.189. The number of H-pyrrole nitrogens is 1. The first-order valence-corrected chi connectivity index (χ1v) is 10.5. The molecule has 0 saturated carbocycles. The minimum atomic E-state index is 0.164. The number of imidazole rings is 1. The molecule has 3 aromatic rings. The van der Waals surface area contributed by atoms with Crippen molar-refractivity contribution in [3.8, 4) is 28.5 Å². The van der Waals surface area contributed by atoms with E-state index < -0.39 is 0 Å². The molecule has 2 aliphatic rings. The highest BCUT2D eigenvalue weighted by Crippen LogP contribution is 2.39. The van der Waals surface area contributed by atoms with E-state index in [1.54, 1.807) is 7.11 Å². The molecule has 0 bridgehead atoms. The van der Waals surface area contributed by atoms with Crippen LogP contribution >= 0.6 is 0 Å². The van der Waals surface area contributed by atoms with Crippen molar-refractivity contribution in [2.24, 2.45) is 5.92 Å². The van der Waals surface area contributed by atoms with E-state index in [9.17, 15) is 5.11 Å². The van der Waals surface area contributed by atoms with Gasteiger partial charge in [0, 0.05) is 44.6 Å². The van der Waals surface area contributed by atoms with E-state index in [0.29, 0.717) is 36.3 Å². The minimum Gasteiger partial charge on any atom is -0.504 e. The van der Waals surface area contributed by atoms with Gasteiger partial charge < -0.3 is 20.1 Å². The fraction of sp³-hybridized carbons (Fsp3) is 0.391. The number of ether oxygens (including phenoxy) is 1. The Morgan fingerprint density at radius 1 is 1.27 bits per heavy atom. The normalized spacial score (nSPS) is 17.7. The first-order chi connectivity index (χ1) is 14.6. The van der Waals surface area contributed by atoms with Gasteiger partial charge in [0.25, 0.3) is 0 Å². The maximum absolute atomic E-state index is 11.2. The predicted molar refractivity (Wildman–Crippen MR) is 116 cm³/mol. The van der Waals surface area contributed by atoms with Crippen molar-refractivity contribution >= 4 is 6.08 Å². The summed E-state index contributed by atoms with van der Waals surface area (Å²) in [6, 6.07) is 8.05. The monoisotopic (exact) mass is 405 g/mol. The minimum absolute atomic E-state index is 0.164. The summed E-state index contributed by atoms with van der Waals surface area (Å²) in [5.41, 5.74) is 6.80. The number of aromatic nitrogens is 4. The van der Waals surface area contributed by atoms with Crippen molar-refractivity contribution in [3.05, 3.63) is 46.8 Å². The van der Waals surface area contributed by atoms with Crippen molar-refractivity contribution < 1.29 is 9.84 Å². The number of rotatable bonds is 6. The predicted octanol–water partition coefficient (Wildman–Crippen LogP) is 3.15. The number of hydrogen-bond donors (Lipinski definition) is 3. The molecule has 0 amide bonds. The molecule has 1 unspecified atom stereocenters. The summed E-state index contributed by atoms with van der Waals surface area (Å²) in [5, 5.41) is 19.3. The van der Waals surface area contributed by atoms with Crippen molar-refractivity contribution in [3.63, 3.8) is 0 Å². The Labute approximate surface area is 175 Å². The Hall–Kier alpha value is -2.90. The molecular formula is C23H27N5O2. The van der Waals surface area contributed by atoms with Gasteiger partial charge >= 0.3 is 0 Å². The molecule has 0 radical (unpaired) electrons. The van der Waals surface area contributed by atoms with Gasteiger partial charge in [-0.05, 0) is 37.3 Å². The standard InChI is InChI=1S/C23H27N5O2/c1-14-4-6-15(7-5-14)20-22(29)21(28(27-20)8-3-9-30-2)23-25-18-10-16-12-24-13-17(16)11-19(18)26-23/h4-7,10,17,24,29H,3,8-9,11-13H2,1-2H3,(H,25,26). The smallest absolute Gasteiger partial charge is 0.173 e. The number of nitrogens with one attached hydrogen (secondary N) is 2. The SMILES string of the molecule is COCCCn1nc(-c2ccc(C)cc2)c(O)c1-c1nc2c([nH]1)CC1CNCC1=C2. The van der Waals surface area contributed by atoms with Gasteiger partial charge in [-0.3, -0.25) is 4.68 Å². The highest BCUT2D eigenvalue weighted by molar-refractivity contribution is 5.76. The van der Waals surface area contributed by atoms with Crippen LogP contribution in [0.1, 0.15) is 23.4 Å². The third kappa shape index (κ3) is 3.34. The summed E-state index contributed by atoms with van der Waals surface area (Å²) in [5.74, 6) is 1.37. The second-order valence-corrected chi connectivity index (χ2v) is 8.18. The van der Waals surface area contributed by atoms with Crippen molar-refractivity contribution in [1.29, 1.82) is 0 Å². The van der Waals surface area contributed by atoms with Crippen LogP contribution in [0, 0.1) is 12.8 Å². The number of aromatic hydroxyl groups is 1. The Kier molecular flexibility index (Phi) is 4.92. The Morgan fingerprint density at radius 2 is 2.10 bits per heavy atom. The van der Waals surface area contributed by atoms with Gasteiger partial charge in [0.2, 0.25) is 0 Å². The molecule has 1 atom stereocenters. The number of fused-ring (bicyclic) bond motifs is 2. The van der Waals surface area contributed by atoms with E-state index >= 15 is 0 Å². The fourth-order valence-electron chi connectivity index (χ4n) is 4.38. The highest BCUT2D eigenvalue weighted by Gasteiger charge is 2.29. The first kappa shape index (κ1) is 19.1. The zero-order valence-corrected chi connectivity index (χ0v) is 17.4. The van der Waals surface area contributed by atoms with Crippen LogP contribution in [-0.4, -0.2) is 51.7 Å². The molecule has 0 spiro atoms. The third-order valence-electron chi connectivity index (χ3n) is 6.02. The lowest BCUT2D eigenvalue weighted by Crippen LogP contribution is -2.13. The Balaban J connectivity index is 1.57. The summed E-state index contributed by atoms with van der Waals surface area (Å²) in [4.78, 5) is 8.31. The lowest BCUT2D eigenvalue weighted by Gasteiger charge is -2.14. The molecule has 5 rings (SSSR count). The molecule has 1 aromatic carbocycles. The van der Waals surface area contributed by atoms with E-state index in [1.807, 2.05) is 35.9 Å². The average molecular weight is 406 g/mol. The van der Waals surface area contributed by atoms with Crippen LogP contribution in [0.25, 0.3) is 28.9 Å². The third-order valence-corrected chi connectivity index (χ3v) is 6.02. The molecular weight excluding hydrogens is 378 g/mol. The molecule has 156 valence electrons. The van der Waals surface area contributed by atoms with E-state index in [2.05, 4.69) is 16.4 Å². The maximum Gasteiger partial charge on any atom is 0.173 e. The van der Waals surface area contributed by atoms with Gasteiger partial charge in [-0.1, -0.05) is 29.8 Å². The number of nitrogens with zero attached hydrogens (tertiary/aromatic N) is 3.